The van der Waals surface area contributed by atoms with Gasteiger partial charge in [-0.2, -0.15) is 0 Å². The Bertz CT molecular complexity index is 1590. The van der Waals surface area contributed by atoms with Gasteiger partial charge in [0.15, 0.2) is 17.9 Å². The number of halogens is 2. The maximum atomic E-state index is 14.9. The molecular formula is C32H37F2N7O2. The van der Waals surface area contributed by atoms with Crippen LogP contribution in [0.1, 0.15) is 50.3 Å². The number of piperazine rings is 1. The van der Waals surface area contributed by atoms with Gasteiger partial charge in [0.1, 0.15) is 24.3 Å². The number of rotatable bonds is 7. The Hall–Kier alpha value is -3.70. The summed E-state index contributed by atoms with van der Waals surface area (Å²) in [6.07, 6.45) is 5.52. The summed E-state index contributed by atoms with van der Waals surface area (Å²) >= 11 is 0. The van der Waals surface area contributed by atoms with Gasteiger partial charge in [-0.25, -0.2) is 13.8 Å². The van der Waals surface area contributed by atoms with Crippen molar-refractivity contribution in [2.24, 2.45) is 4.99 Å². The number of aromatic nitrogens is 2. The number of amidine groups is 1. The molecule has 11 heteroatoms. The Morgan fingerprint density at radius 3 is 2.81 bits per heavy atom. The molecule has 3 N–H and O–H groups in total. The summed E-state index contributed by atoms with van der Waals surface area (Å²) < 4.78 is 35.1. The maximum Gasteiger partial charge on any atom is 0.174 e. The van der Waals surface area contributed by atoms with E-state index in [1.807, 2.05) is 11.8 Å². The Kier molecular flexibility index (Phi) is 7.25. The summed E-state index contributed by atoms with van der Waals surface area (Å²) in [6, 6.07) is 8.62. The molecule has 7 rings (SSSR count). The average molecular weight is 590 g/mol. The smallest absolute Gasteiger partial charge is 0.174 e. The van der Waals surface area contributed by atoms with Crippen LogP contribution < -0.4 is 5.32 Å². The van der Waals surface area contributed by atoms with Crippen LogP contribution in [0.4, 0.5) is 14.5 Å². The van der Waals surface area contributed by atoms with Gasteiger partial charge < -0.3 is 20.1 Å². The van der Waals surface area contributed by atoms with Crippen molar-refractivity contribution in [2.75, 3.05) is 32.8 Å². The second-order valence-corrected chi connectivity index (χ2v) is 12.4. The van der Waals surface area contributed by atoms with Gasteiger partial charge in [0.2, 0.25) is 0 Å². The van der Waals surface area contributed by atoms with Gasteiger partial charge in [-0.1, -0.05) is 13.0 Å². The quantitative estimate of drug-likeness (QED) is 0.270. The van der Waals surface area contributed by atoms with Gasteiger partial charge in [0, 0.05) is 43.7 Å². The lowest BCUT2D eigenvalue weighted by Gasteiger charge is -2.34. The van der Waals surface area contributed by atoms with Gasteiger partial charge >= 0.3 is 0 Å². The molecule has 3 aromatic rings. The molecule has 4 aliphatic rings. The zero-order chi connectivity index (χ0) is 29.7. The molecule has 226 valence electrons. The molecule has 4 atom stereocenters. The van der Waals surface area contributed by atoms with Crippen LogP contribution in [0.15, 0.2) is 35.3 Å². The molecule has 2 aromatic carbocycles. The van der Waals surface area contributed by atoms with Crippen LogP contribution in [0.3, 0.4) is 0 Å². The van der Waals surface area contributed by atoms with Crippen LogP contribution in [0.5, 0.6) is 5.75 Å². The van der Waals surface area contributed by atoms with Gasteiger partial charge in [-0.05, 0) is 79.3 Å². The number of nitrogens with zero attached hydrogens (tertiary/aromatic N) is 5. The number of likely N-dealkylation sites (tertiary alicyclic amines) is 1. The van der Waals surface area contributed by atoms with E-state index in [2.05, 4.69) is 25.4 Å². The molecule has 43 heavy (non-hydrogen) atoms. The van der Waals surface area contributed by atoms with Crippen molar-refractivity contribution in [3.05, 3.63) is 47.4 Å². The van der Waals surface area contributed by atoms with Crippen LogP contribution in [-0.2, 0) is 11.2 Å². The summed E-state index contributed by atoms with van der Waals surface area (Å²) in [4.78, 5) is 8.84. The molecule has 0 radical (unpaired) electrons. The van der Waals surface area contributed by atoms with Crippen molar-refractivity contribution in [1.29, 1.82) is 5.41 Å². The molecule has 0 saturated carbocycles. The van der Waals surface area contributed by atoms with Crippen LogP contribution in [0.2, 0.25) is 0 Å². The first-order valence-electron chi connectivity index (χ1n) is 15.3. The first-order valence-corrected chi connectivity index (χ1v) is 15.3. The number of aromatic hydroxyl groups is 1. The molecule has 4 aliphatic heterocycles. The molecule has 9 nitrogen and oxygen atoms in total. The fourth-order valence-electron chi connectivity index (χ4n) is 7.69. The normalized spacial score (nSPS) is 27.0. The second-order valence-electron chi connectivity index (χ2n) is 12.4. The van der Waals surface area contributed by atoms with E-state index in [1.54, 1.807) is 24.3 Å². The number of aliphatic imine (C=N–C) groups is 1. The Morgan fingerprint density at radius 2 is 2.02 bits per heavy atom. The Labute approximate surface area is 249 Å². The van der Waals surface area contributed by atoms with Gasteiger partial charge in [-0.15, -0.1) is 10.2 Å². The first-order chi connectivity index (χ1) is 20.8. The standard InChI is InChI=1S/C32H37F2N7O2/c1-2-24-26(34)7-4-19-10-23(42)11-25(29(19)24)27-12-28(36-18-43-17-32-8-3-9-41(32)14-20(33)13-32)30(39-38-27)31(35)40-15-21-5-6-22(16-40)37-21/h4,7,10-12,18,20-22,35,37,42H,2-3,5-6,8-9,13-17H2,1H3/t20-,21?,22?,32+/m1/s1. The molecule has 2 unspecified atom stereocenters. The highest BCUT2D eigenvalue weighted by Gasteiger charge is 2.49. The lowest BCUT2D eigenvalue weighted by Crippen LogP contribution is -2.53. The zero-order valence-corrected chi connectivity index (χ0v) is 24.3. The van der Waals surface area contributed by atoms with E-state index in [9.17, 15) is 13.9 Å². The number of hydrogen-bond acceptors (Lipinski definition) is 8. The van der Waals surface area contributed by atoms with Crippen molar-refractivity contribution < 1.29 is 18.6 Å². The summed E-state index contributed by atoms with van der Waals surface area (Å²) in [6.45, 7) is 4.97. The lowest BCUT2D eigenvalue weighted by atomic mass is 9.95. The van der Waals surface area contributed by atoms with E-state index < -0.39 is 6.17 Å². The van der Waals surface area contributed by atoms with Crippen molar-refractivity contribution in [3.8, 4) is 17.0 Å². The summed E-state index contributed by atoms with van der Waals surface area (Å²) in [5.74, 6) is -0.0547. The van der Waals surface area contributed by atoms with Crippen LogP contribution in [0, 0.1) is 11.2 Å². The third kappa shape index (κ3) is 5.12. The minimum Gasteiger partial charge on any atom is -0.508 e. The number of benzene rings is 2. The summed E-state index contributed by atoms with van der Waals surface area (Å²) in [7, 11) is 0. The predicted molar refractivity (Wildman–Crippen MR) is 161 cm³/mol. The zero-order valence-electron chi connectivity index (χ0n) is 24.3. The Morgan fingerprint density at radius 1 is 1.21 bits per heavy atom. The maximum absolute atomic E-state index is 14.9. The minimum atomic E-state index is -0.843. The summed E-state index contributed by atoms with van der Waals surface area (Å²) in [5, 5.41) is 33.5. The highest BCUT2D eigenvalue weighted by molar-refractivity contribution is 6.02. The number of nitrogens with one attached hydrogen (secondary N) is 2. The molecule has 0 spiro atoms. The van der Waals surface area contributed by atoms with Crippen molar-refractivity contribution in [1.82, 2.24) is 25.3 Å². The molecule has 4 fully saturated rings. The minimum absolute atomic E-state index is 0.0302. The number of phenolic OH excluding ortho intramolecular Hbond substituents is 1. The van der Waals surface area contributed by atoms with Gasteiger partial charge in [-0.3, -0.25) is 10.3 Å². The van der Waals surface area contributed by atoms with E-state index in [4.69, 9.17) is 10.1 Å². The lowest BCUT2D eigenvalue weighted by molar-refractivity contribution is 0.111. The number of ether oxygens (including phenoxy) is 1. The predicted octanol–water partition coefficient (Wildman–Crippen LogP) is 4.72. The van der Waals surface area contributed by atoms with Crippen molar-refractivity contribution in [2.45, 2.75) is 69.2 Å². The van der Waals surface area contributed by atoms with Crippen LogP contribution in [-0.4, -0.2) is 93.9 Å². The van der Waals surface area contributed by atoms with Crippen molar-refractivity contribution in [3.63, 3.8) is 0 Å². The third-order valence-corrected chi connectivity index (χ3v) is 9.69. The fourth-order valence-corrected chi connectivity index (χ4v) is 7.69. The van der Waals surface area contributed by atoms with E-state index in [1.165, 1.54) is 12.5 Å². The molecule has 0 amide bonds. The Balaban J connectivity index is 1.25. The molecule has 5 heterocycles. The summed E-state index contributed by atoms with van der Waals surface area (Å²) in [5.41, 5.74) is 1.88. The molecular weight excluding hydrogens is 552 g/mol. The van der Waals surface area contributed by atoms with E-state index >= 15 is 0 Å². The number of aryl methyl sites for hydroxylation is 1. The number of phenols is 1. The largest absolute Gasteiger partial charge is 0.508 e. The van der Waals surface area contributed by atoms with Crippen LogP contribution >= 0.6 is 0 Å². The average Bonchev–Trinajstić information content (AvgIpc) is 3.64. The molecule has 0 aliphatic carbocycles. The van der Waals surface area contributed by atoms with E-state index in [-0.39, 0.29) is 22.9 Å². The topological polar surface area (TPSA) is 110 Å². The molecule has 1 aromatic heterocycles. The number of alkyl halides is 1. The van der Waals surface area contributed by atoms with E-state index in [0.29, 0.717) is 90.1 Å². The first kappa shape index (κ1) is 28.1. The fraction of sp³-hybridized carbons (Fsp3) is 0.500. The highest BCUT2D eigenvalue weighted by atomic mass is 19.1. The molecule has 4 saturated heterocycles. The third-order valence-electron chi connectivity index (χ3n) is 9.69. The highest BCUT2D eigenvalue weighted by Crippen LogP contribution is 2.40. The van der Waals surface area contributed by atoms with E-state index in [0.717, 1.165) is 32.2 Å². The van der Waals surface area contributed by atoms with Crippen LogP contribution in [0.25, 0.3) is 22.0 Å². The number of hydrogen-bond donors (Lipinski definition) is 3. The van der Waals surface area contributed by atoms with Crippen molar-refractivity contribution >= 4 is 28.7 Å². The number of fused-ring (bicyclic) bond motifs is 4. The molecule has 2 bridgehead atoms. The monoisotopic (exact) mass is 589 g/mol. The SMILES string of the molecule is CCc1c(F)ccc2cc(O)cc(-c3cc(N=COC[C@@]45CCCN4C[C@H](F)C5)c(C(=N)N4CC5CCC(C4)N5)nn3)c12. The van der Waals surface area contributed by atoms with Gasteiger partial charge in [0.05, 0.1) is 16.9 Å². The second kappa shape index (κ2) is 11.1. The van der Waals surface area contributed by atoms with Gasteiger partial charge in [0.25, 0.3) is 0 Å².